The summed E-state index contributed by atoms with van der Waals surface area (Å²) in [7, 11) is -7.22. The fraction of sp³-hybridized carbons (Fsp3) is 0.143. The molecule has 6 aromatic rings. The van der Waals surface area contributed by atoms with Crippen molar-refractivity contribution >= 4 is 34.0 Å². The molecule has 250 valence electrons. The minimum absolute atomic E-state index is 0.337. The van der Waals surface area contributed by atoms with Gasteiger partial charge in [-0.15, -0.1) is 0 Å². The minimum Gasteiger partial charge on any atom is -0.376 e. The number of benzene rings is 6. The third-order valence-corrected chi connectivity index (χ3v) is 13.1. The number of rotatable bonds is 5. The third-order valence-electron chi connectivity index (χ3n) is 9.71. The maximum absolute atomic E-state index is 13.9. The van der Waals surface area contributed by atoms with Crippen molar-refractivity contribution in [2.45, 2.75) is 38.6 Å². The second-order valence-corrected chi connectivity index (χ2v) is 17.0. The second kappa shape index (κ2) is 11.4. The van der Waals surface area contributed by atoms with Crippen LogP contribution in [0.3, 0.4) is 0 Å². The molecular weight excluding hydrogens is 672 g/mol. The van der Waals surface area contributed by atoms with Crippen LogP contribution < -0.4 is 20.1 Å². The van der Waals surface area contributed by atoms with Crippen LogP contribution >= 0.6 is 7.92 Å². The molecule has 0 unspecified atom stereocenters. The zero-order valence-electron chi connectivity index (χ0n) is 27.8. The van der Waals surface area contributed by atoms with Crippen LogP contribution in [0.5, 0.6) is 5.75 Å². The van der Waals surface area contributed by atoms with Crippen LogP contribution in [0.2, 0.25) is 0 Å². The number of hydrogen-bond acceptors (Lipinski definition) is 3. The first-order valence-electron chi connectivity index (χ1n) is 16.3. The third kappa shape index (κ3) is 4.78. The van der Waals surface area contributed by atoms with Gasteiger partial charge in [0, 0.05) is 5.56 Å². The van der Waals surface area contributed by atoms with Crippen molar-refractivity contribution in [3.63, 3.8) is 0 Å². The molecule has 0 aliphatic heterocycles. The molecule has 0 radical (unpaired) electrons. The smallest absolute Gasteiger partial charge is 0.376 e. The van der Waals surface area contributed by atoms with Gasteiger partial charge in [0.25, 0.3) is 0 Å². The molecule has 0 amide bonds. The molecule has 0 heterocycles. The van der Waals surface area contributed by atoms with E-state index in [4.69, 9.17) is 4.18 Å². The Balaban J connectivity index is 1.54. The van der Waals surface area contributed by atoms with E-state index in [1.54, 1.807) is 6.07 Å². The fourth-order valence-corrected chi connectivity index (χ4v) is 11.6. The monoisotopic (exact) mass is 704 g/mol. The first-order chi connectivity index (χ1) is 23.8. The number of halogens is 3. The van der Waals surface area contributed by atoms with Gasteiger partial charge in [-0.25, -0.2) is 0 Å². The maximum Gasteiger partial charge on any atom is 0.534 e. The Morgan fingerprint density at radius 1 is 0.560 bits per heavy atom. The van der Waals surface area contributed by atoms with Gasteiger partial charge in [-0.05, 0) is 96.5 Å². The van der Waals surface area contributed by atoms with Crippen LogP contribution in [0.4, 0.5) is 13.2 Å². The number of aryl methyl sites for hydroxylation is 4. The van der Waals surface area contributed by atoms with Crippen molar-refractivity contribution < 1.29 is 25.8 Å². The van der Waals surface area contributed by atoms with Crippen molar-refractivity contribution in [1.29, 1.82) is 0 Å². The van der Waals surface area contributed by atoms with Gasteiger partial charge in [0.15, 0.2) is 0 Å². The molecule has 0 N–H and O–H groups in total. The molecule has 3 nitrogen and oxygen atoms in total. The molecular formula is C42H32F3O3PS. The highest BCUT2D eigenvalue weighted by atomic mass is 32.2. The zero-order valence-corrected chi connectivity index (χ0v) is 29.5. The molecule has 50 heavy (non-hydrogen) atoms. The Bertz CT molecular complexity index is 2380. The van der Waals surface area contributed by atoms with E-state index in [1.165, 1.54) is 6.07 Å². The molecule has 0 aromatic heterocycles. The molecule has 0 bridgehead atoms. The van der Waals surface area contributed by atoms with E-state index in [0.717, 1.165) is 71.5 Å². The molecule has 6 aromatic carbocycles. The van der Waals surface area contributed by atoms with Gasteiger partial charge in [-0.3, -0.25) is 0 Å². The van der Waals surface area contributed by atoms with Gasteiger partial charge in [0.05, 0.1) is 5.41 Å². The van der Waals surface area contributed by atoms with Crippen LogP contribution in [0, 0.1) is 27.7 Å². The topological polar surface area (TPSA) is 43.4 Å². The predicted molar refractivity (Wildman–Crippen MR) is 196 cm³/mol. The van der Waals surface area contributed by atoms with Crippen LogP contribution in [-0.2, 0) is 15.5 Å². The summed E-state index contributed by atoms with van der Waals surface area (Å²) in [5.41, 5.74) is 4.14. The Labute approximate surface area is 291 Å². The summed E-state index contributed by atoms with van der Waals surface area (Å²) < 4.78 is 72.4. The summed E-state index contributed by atoms with van der Waals surface area (Å²) in [5, 5.41) is 3.34. The molecule has 0 saturated carbocycles. The number of hydrogen-bond donors (Lipinski definition) is 0. The Morgan fingerprint density at radius 3 is 1.50 bits per heavy atom. The molecule has 2 aliphatic rings. The van der Waals surface area contributed by atoms with Crippen molar-refractivity contribution in [2.75, 3.05) is 0 Å². The molecule has 8 heteroatoms. The van der Waals surface area contributed by atoms with Gasteiger partial charge < -0.3 is 4.18 Å². The van der Waals surface area contributed by atoms with Gasteiger partial charge in [-0.1, -0.05) is 138 Å². The first-order valence-corrected chi connectivity index (χ1v) is 19.0. The molecule has 8 rings (SSSR count). The Kier molecular flexibility index (Phi) is 7.41. The molecule has 0 saturated heterocycles. The van der Waals surface area contributed by atoms with E-state index in [-0.39, 0.29) is 5.75 Å². The largest absolute Gasteiger partial charge is 0.534 e. The molecule has 2 aliphatic carbocycles. The zero-order chi connectivity index (χ0) is 35.2. The summed E-state index contributed by atoms with van der Waals surface area (Å²) in [4.78, 5) is 0. The molecule has 1 atom stereocenters. The first kappa shape index (κ1) is 32.5. The van der Waals surface area contributed by atoms with E-state index in [2.05, 4.69) is 82.3 Å². The standard InChI is InChI=1S/C42H32F3O3PS/c1-25-19-26(2)22-29(21-25)49(30-23-27(3)20-28(4)24-30)38-18-10-14-34-32-12-6-8-16-36(32)41(40(34)38)35-15-7-5-11-31(35)33-13-9-17-37(39(33)41)48-50(46,47)42(43,44)45/h5-24H,1-4H3/t41-/m1/s1. The lowest BCUT2D eigenvalue weighted by molar-refractivity contribution is -0.0500. The van der Waals surface area contributed by atoms with Crippen molar-refractivity contribution in [3.8, 4) is 28.0 Å². The lowest BCUT2D eigenvalue weighted by Gasteiger charge is -2.35. The minimum atomic E-state index is -5.99. The van der Waals surface area contributed by atoms with E-state index in [0.29, 0.717) is 11.1 Å². The van der Waals surface area contributed by atoms with Crippen molar-refractivity contribution in [2.24, 2.45) is 0 Å². The van der Waals surface area contributed by atoms with Gasteiger partial charge in [-0.2, -0.15) is 21.6 Å². The van der Waals surface area contributed by atoms with Crippen molar-refractivity contribution in [1.82, 2.24) is 0 Å². The van der Waals surface area contributed by atoms with E-state index >= 15 is 0 Å². The highest BCUT2D eigenvalue weighted by Crippen LogP contribution is 2.65. The average Bonchev–Trinajstić information content (AvgIpc) is 3.52. The molecule has 1 spiro atoms. The summed E-state index contributed by atoms with van der Waals surface area (Å²) in [6, 6.07) is 40.0. The average molecular weight is 705 g/mol. The van der Waals surface area contributed by atoms with Crippen LogP contribution in [0.1, 0.15) is 44.5 Å². The van der Waals surface area contributed by atoms with E-state index < -0.39 is 29.0 Å². The second-order valence-electron chi connectivity index (χ2n) is 13.2. The lowest BCUT2D eigenvalue weighted by Crippen LogP contribution is -2.35. The van der Waals surface area contributed by atoms with Gasteiger partial charge in [0.2, 0.25) is 0 Å². The van der Waals surface area contributed by atoms with Crippen molar-refractivity contribution in [3.05, 3.63) is 166 Å². The van der Waals surface area contributed by atoms with Crippen LogP contribution in [-0.4, -0.2) is 13.9 Å². The Morgan fingerprint density at radius 2 is 1.00 bits per heavy atom. The van der Waals surface area contributed by atoms with Gasteiger partial charge in [0.1, 0.15) is 5.75 Å². The fourth-order valence-electron chi connectivity index (χ4n) is 8.21. The number of alkyl halides is 3. The highest BCUT2D eigenvalue weighted by molar-refractivity contribution is 7.88. The quantitative estimate of drug-likeness (QED) is 0.102. The summed E-state index contributed by atoms with van der Waals surface area (Å²) in [6.45, 7) is 8.36. The normalized spacial score (nSPS) is 15.9. The summed E-state index contributed by atoms with van der Waals surface area (Å²) >= 11 is 0. The predicted octanol–water partition coefficient (Wildman–Crippen LogP) is 9.25. The van der Waals surface area contributed by atoms with Crippen LogP contribution in [0.15, 0.2) is 121 Å². The SMILES string of the molecule is Cc1cc(C)cc(P(c2cc(C)cc(C)c2)c2cccc3c2[C@]2(c4ccccc4-c4cccc(OS(=O)(=O)C(F)(F)F)c42)c2ccccc2-3)c1. The molecule has 0 fully saturated rings. The summed E-state index contributed by atoms with van der Waals surface area (Å²) in [6.07, 6.45) is 0. The highest BCUT2D eigenvalue weighted by Gasteiger charge is 2.56. The van der Waals surface area contributed by atoms with E-state index in [9.17, 15) is 21.6 Å². The summed E-state index contributed by atoms with van der Waals surface area (Å²) in [5.74, 6) is -0.337. The van der Waals surface area contributed by atoms with Crippen LogP contribution in [0.25, 0.3) is 22.3 Å². The van der Waals surface area contributed by atoms with E-state index in [1.807, 2.05) is 54.6 Å². The number of fused-ring (bicyclic) bond motifs is 10. The lowest BCUT2D eigenvalue weighted by atomic mass is 9.70. The van der Waals surface area contributed by atoms with Gasteiger partial charge >= 0.3 is 15.6 Å². The Hall–Kier alpha value is -4.71. The maximum atomic E-state index is 13.9.